The molecule has 4 unspecified atom stereocenters. The van der Waals surface area contributed by atoms with Gasteiger partial charge in [0.25, 0.3) is 0 Å². The Labute approximate surface area is 179 Å². The van der Waals surface area contributed by atoms with Crippen LogP contribution in [0.2, 0.25) is 0 Å². The number of hydrogen-bond acceptors (Lipinski definition) is 8. The molecule has 0 amide bonds. The Balaban J connectivity index is 0.00000784. The summed E-state index contributed by atoms with van der Waals surface area (Å²) in [5, 5.41) is 0. The van der Waals surface area contributed by atoms with E-state index in [2.05, 4.69) is 0 Å². The minimum absolute atomic E-state index is 0. The van der Waals surface area contributed by atoms with Crippen molar-refractivity contribution in [2.45, 2.75) is 66.3 Å². The molecule has 0 bridgehead atoms. The average molecular weight is 431 g/mol. The van der Waals surface area contributed by atoms with Gasteiger partial charge in [-0.1, -0.05) is 26.0 Å². The number of halogens is 1. The van der Waals surface area contributed by atoms with Crippen LogP contribution < -0.4 is 11.5 Å². The van der Waals surface area contributed by atoms with Crippen LogP contribution in [0, 0.1) is 0 Å². The zero-order valence-corrected chi connectivity index (χ0v) is 18.9. The summed E-state index contributed by atoms with van der Waals surface area (Å²) in [5.74, 6) is -1.21. The van der Waals surface area contributed by atoms with Crippen LogP contribution in [0.5, 0.6) is 0 Å². The lowest BCUT2D eigenvalue weighted by molar-refractivity contribution is -0.0384. The summed E-state index contributed by atoms with van der Waals surface area (Å²) in [4.78, 5) is 29.0. The van der Waals surface area contributed by atoms with Gasteiger partial charge in [-0.15, -0.1) is 12.4 Å². The largest absolute Gasteiger partial charge is 0.443 e. The molecular formula is C20H35ClN4O4. The Morgan fingerprint density at radius 1 is 0.828 bits per heavy atom. The molecule has 0 heterocycles. The van der Waals surface area contributed by atoms with Crippen LogP contribution >= 0.6 is 12.4 Å². The first kappa shape index (κ1) is 27.3. The smallest absolute Gasteiger partial charge is 0.340 e. The van der Waals surface area contributed by atoms with E-state index in [-0.39, 0.29) is 35.9 Å². The van der Waals surface area contributed by atoms with Gasteiger partial charge in [-0.3, -0.25) is 9.80 Å². The van der Waals surface area contributed by atoms with Gasteiger partial charge in [0.15, 0.2) is 12.5 Å². The Bertz CT molecular complexity index is 602. The molecule has 0 aliphatic rings. The molecule has 0 aliphatic carbocycles. The third-order valence-electron chi connectivity index (χ3n) is 4.63. The lowest BCUT2D eigenvalue weighted by atomic mass is 10.1. The minimum Gasteiger partial charge on any atom is -0.443 e. The average Bonchev–Trinajstić information content (AvgIpc) is 2.61. The van der Waals surface area contributed by atoms with Gasteiger partial charge in [-0.05, 0) is 39.8 Å². The number of hydrogen-bond donors (Lipinski definition) is 2. The standard InChI is InChI=1S/C20H34N4O4.ClH/c1-7-23(13(3)21)15(5)27-19(25)17-11-9-10-12-18(17)20(26)28-16(6)24(8-2)14(4)22;/h9-16H,7-8,21-22H2,1-6H3;1H. The number of esters is 2. The summed E-state index contributed by atoms with van der Waals surface area (Å²) in [6.07, 6.45) is -1.61. The fraction of sp³-hybridized carbons (Fsp3) is 0.600. The van der Waals surface area contributed by atoms with Crippen LogP contribution in [0.1, 0.15) is 62.3 Å². The highest BCUT2D eigenvalue weighted by atomic mass is 35.5. The van der Waals surface area contributed by atoms with Gasteiger partial charge in [-0.2, -0.15) is 0 Å². The fourth-order valence-corrected chi connectivity index (χ4v) is 3.16. The highest BCUT2D eigenvalue weighted by Crippen LogP contribution is 2.16. The molecule has 166 valence electrons. The molecule has 0 aromatic heterocycles. The zero-order chi connectivity index (χ0) is 21.4. The molecule has 29 heavy (non-hydrogen) atoms. The summed E-state index contributed by atoms with van der Waals surface area (Å²) in [7, 11) is 0. The van der Waals surface area contributed by atoms with Gasteiger partial charge in [0.05, 0.1) is 23.5 Å². The number of carbonyl (C=O) groups is 2. The number of ether oxygens (including phenoxy) is 2. The monoisotopic (exact) mass is 430 g/mol. The third-order valence-corrected chi connectivity index (χ3v) is 4.63. The zero-order valence-electron chi connectivity index (χ0n) is 18.1. The lowest BCUT2D eigenvalue weighted by Gasteiger charge is -2.31. The van der Waals surface area contributed by atoms with E-state index in [1.165, 1.54) is 0 Å². The van der Waals surface area contributed by atoms with Crippen molar-refractivity contribution in [3.05, 3.63) is 35.4 Å². The summed E-state index contributed by atoms with van der Waals surface area (Å²) in [6, 6.07) is 6.43. The first-order valence-corrected chi connectivity index (χ1v) is 9.67. The molecule has 0 spiro atoms. The third kappa shape index (κ3) is 7.56. The Morgan fingerprint density at radius 2 is 1.14 bits per heavy atom. The molecule has 1 aromatic carbocycles. The van der Waals surface area contributed by atoms with Gasteiger partial charge >= 0.3 is 11.9 Å². The number of nitrogens with two attached hydrogens (primary N) is 2. The minimum atomic E-state index is -0.605. The van der Waals surface area contributed by atoms with Crippen molar-refractivity contribution in [3.63, 3.8) is 0 Å². The van der Waals surface area contributed by atoms with Crippen molar-refractivity contribution < 1.29 is 19.1 Å². The van der Waals surface area contributed by atoms with E-state index >= 15 is 0 Å². The Hall–Kier alpha value is -1.71. The Kier molecular flexibility index (Phi) is 12.0. The maximum Gasteiger partial charge on any atom is 0.340 e. The quantitative estimate of drug-likeness (QED) is 0.430. The predicted octanol–water partition coefficient (Wildman–Crippen LogP) is 2.37. The van der Waals surface area contributed by atoms with Crippen LogP contribution in [-0.4, -0.2) is 59.6 Å². The predicted molar refractivity (Wildman–Crippen MR) is 116 cm³/mol. The highest BCUT2D eigenvalue weighted by molar-refractivity contribution is 6.03. The molecular weight excluding hydrogens is 396 g/mol. The van der Waals surface area contributed by atoms with Crippen molar-refractivity contribution in [2.24, 2.45) is 11.5 Å². The topological polar surface area (TPSA) is 111 Å². The van der Waals surface area contributed by atoms with E-state index in [4.69, 9.17) is 20.9 Å². The van der Waals surface area contributed by atoms with Crippen molar-refractivity contribution in [3.8, 4) is 0 Å². The molecule has 1 rings (SSSR count). The summed E-state index contributed by atoms with van der Waals surface area (Å²) in [5.41, 5.74) is 12.1. The summed E-state index contributed by atoms with van der Waals surface area (Å²) in [6.45, 7) is 12.2. The number of carbonyl (C=O) groups excluding carboxylic acids is 2. The molecule has 0 fully saturated rings. The highest BCUT2D eigenvalue weighted by Gasteiger charge is 2.26. The first-order valence-electron chi connectivity index (χ1n) is 9.67. The number of nitrogens with zero attached hydrogens (tertiary/aromatic N) is 2. The van der Waals surface area contributed by atoms with Gasteiger partial charge in [0.1, 0.15) is 0 Å². The van der Waals surface area contributed by atoms with Crippen molar-refractivity contribution in [2.75, 3.05) is 13.1 Å². The normalized spacial score (nSPS) is 15.2. The van der Waals surface area contributed by atoms with Crippen LogP contribution in [-0.2, 0) is 9.47 Å². The Morgan fingerprint density at radius 3 is 1.38 bits per heavy atom. The molecule has 0 aliphatic heterocycles. The molecule has 0 saturated carbocycles. The van der Waals surface area contributed by atoms with Gasteiger partial charge in [0, 0.05) is 13.1 Å². The molecule has 0 saturated heterocycles. The molecule has 4 N–H and O–H groups in total. The summed E-state index contributed by atoms with van der Waals surface area (Å²) < 4.78 is 11.0. The summed E-state index contributed by atoms with van der Waals surface area (Å²) >= 11 is 0. The van der Waals surface area contributed by atoms with E-state index in [9.17, 15) is 9.59 Å². The lowest BCUT2D eigenvalue weighted by Crippen LogP contribution is -2.47. The fourth-order valence-electron chi connectivity index (χ4n) is 3.16. The van der Waals surface area contributed by atoms with Crippen molar-refractivity contribution in [1.29, 1.82) is 0 Å². The van der Waals surface area contributed by atoms with E-state index in [1.807, 2.05) is 37.5 Å². The van der Waals surface area contributed by atoms with Crippen LogP contribution in [0.25, 0.3) is 0 Å². The maximum atomic E-state index is 12.7. The molecule has 4 atom stereocenters. The SMILES string of the molecule is CCN(C(C)N)C(C)OC(=O)c1ccccc1C(=O)OC(C)N(CC)C(C)N.Cl. The van der Waals surface area contributed by atoms with Crippen molar-refractivity contribution in [1.82, 2.24) is 9.80 Å². The van der Waals surface area contributed by atoms with Gasteiger partial charge in [0.2, 0.25) is 0 Å². The van der Waals surface area contributed by atoms with Gasteiger partial charge in [-0.25, -0.2) is 9.59 Å². The second-order valence-electron chi connectivity index (χ2n) is 6.70. The van der Waals surface area contributed by atoms with E-state index in [0.29, 0.717) is 13.1 Å². The second-order valence-corrected chi connectivity index (χ2v) is 6.70. The van der Waals surface area contributed by atoms with Crippen LogP contribution in [0.4, 0.5) is 0 Å². The molecule has 9 heteroatoms. The van der Waals surface area contributed by atoms with E-state index < -0.39 is 24.4 Å². The van der Waals surface area contributed by atoms with E-state index in [1.54, 1.807) is 38.1 Å². The van der Waals surface area contributed by atoms with Crippen LogP contribution in [0.3, 0.4) is 0 Å². The number of rotatable bonds is 10. The molecule has 0 radical (unpaired) electrons. The van der Waals surface area contributed by atoms with Crippen LogP contribution in [0.15, 0.2) is 24.3 Å². The molecule has 1 aromatic rings. The van der Waals surface area contributed by atoms with Crippen molar-refractivity contribution >= 4 is 24.3 Å². The van der Waals surface area contributed by atoms with Gasteiger partial charge < -0.3 is 20.9 Å². The molecule has 8 nitrogen and oxygen atoms in total. The van der Waals surface area contributed by atoms with E-state index in [0.717, 1.165) is 0 Å². The maximum absolute atomic E-state index is 12.7. The second kappa shape index (κ2) is 12.8. The first-order chi connectivity index (χ1) is 13.1. The number of benzene rings is 1.